The van der Waals surface area contributed by atoms with Gasteiger partial charge in [-0.15, -0.1) is 0 Å². The van der Waals surface area contributed by atoms with Crippen LogP contribution in [0.4, 0.5) is 11.6 Å². The highest BCUT2D eigenvalue weighted by Crippen LogP contribution is 2.38. The highest BCUT2D eigenvalue weighted by Gasteiger charge is 2.27. The van der Waals surface area contributed by atoms with Crippen molar-refractivity contribution in [3.05, 3.63) is 11.9 Å². The summed E-state index contributed by atoms with van der Waals surface area (Å²) in [5, 5.41) is 3.47. The molecule has 17 heavy (non-hydrogen) atoms. The van der Waals surface area contributed by atoms with Crippen LogP contribution in [0.15, 0.2) is 6.07 Å². The van der Waals surface area contributed by atoms with Crippen molar-refractivity contribution in [2.75, 3.05) is 22.2 Å². The first-order valence-electron chi connectivity index (χ1n) is 6.05. The van der Waals surface area contributed by atoms with Crippen molar-refractivity contribution in [3.8, 4) is 0 Å². The van der Waals surface area contributed by atoms with Crippen molar-refractivity contribution in [1.82, 2.24) is 9.97 Å². The number of anilines is 2. The zero-order chi connectivity index (χ0) is 11.7. The number of nitrogens with two attached hydrogens (primary N) is 1. The van der Waals surface area contributed by atoms with E-state index < -0.39 is 0 Å². The summed E-state index contributed by atoms with van der Waals surface area (Å²) in [4.78, 5) is 8.98. The lowest BCUT2D eigenvalue weighted by molar-refractivity contribution is 0.799. The minimum Gasteiger partial charge on any atom is -0.366 e. The maximum absolute atomic E-state index is 5.44. The normalized spacial score (nSPS) is 23.7. The lowest BCUT2D eigenvalue weighted by Crippen LogP contribution is -2.20. The molecule has 5 nitrogen and oxygen atoms in total. The average Bonchev–Trinajstić information content (AvgIpc) is 3.09. The predicted molar refractivity (Wildman–Crippen MR) is 71.2 cm³/mol. The minimum atomic E-state index is 0.535. The molecule has 1 aromatic heterocycles. The summed E-state index contributed by atoms with van der Waals surface area (Å²) in [5.41, 5.74) is 2.62. The Bertz CT molecular complexity index is 401. The summed E-state index contributed by atoms with van der Waals surface area (Å²) in [6.07, 6.45) is 3.61. The number of nitrogens with zero attached hydrogens (tertiary/aromatic N) is 2. The van der Waals surface area contributed by atoms with Gasteiger partial charge in [0.2, 0.25) is 0 Å². The Morgan fingerprint density at radius 2 is 2.06 bits per heavy atom. The van der Waals surface area contributed by atoms with Gasteiger partial charge in [-0.1, -0.05) is 0 Å². The molecule has 1 saturated heterocycles. The number of rotatable bonds is 4. The molecular formula is C11H17N5S. The number of aromatic nitrogens is 2. The topological polar surface area (TPSA) is 75.9 Å². The summed E-state index contributed by atoms with van der Waals surface area (Å²) in [6, 6.07) is 2.42. The van der Waals surface area contributed by atoms with Crippen LogP contribution in [0, 0.1) is 0 Å². The molecule has 1 atom stereocenters. The summed E-state index contributed by atoms with van der Waals surface area (Å²) in [5.74, 6) is 10.9. The summed E-state index contributed by atoms with van der Waals surface area (Å²) < 4.78 is 0. The van der Waals surface area contributed by atoms with Crippen LogP contribution in [0.2, 0.25) is 0 Å². The first-order chi connectivity index (χ1) is 8.35. The van der Waals surface area contributed by atoms with Crippen LogP contribution in [0.25, 0.3) is 0 Å². The Kier molecular flexibility index (Phi) is 3.07. The van der Waals surface area contributed by atoms with Crippen molar-refractivity contribution < 1.29 is 0 Å². The van der Waals surface area contributed by atoms with Crippen LogP contribution in [0.3, 0.4) is 0 Å². The highest BCUT2D eigenvalue weighted by molar-refractivity contribution is 7.99. The smallest absolute Gasteiger partial charge is 0.145 e. The lowest BCUT2D eigenvalue weighted by Gasteiger charge is -2.13. The van der Waals surface area contributed by atoms with Crippen LogP contribution >= 0.6 is 11.8 Å². The van der Waals surface area contributed by atoms with Crippen LogP contribution in [0.5, 0.6) is 0 Å². The third kappa shape index (κ3) is 2.63. The molecule has 0 spiro atoms. The number of hydrazine groups is 1. The lowest BCUT2D eigenvalue weighted by atomic mass is 10.2. The quantitative estimate of drug-likeness (QED) is 0.557. The standard InChI is InChI=1S/C11H17N5S/c12-16-10-5-9(13-8-3-4-17-6-8)14-11(15-10)7-1-2-7/h5,7-8H,1-4,6,12H2,(H2,13,14,15,16). The molecule has 2 aliphatic rings. The van der Waals surface area contributed by atoms with Crippen LogP contribution in [-0.2, 0) is 0 Å². The Balaban J connectivity index is 1.78. The van der Waals surface area contributed by atoms with Gasteiger partial charge in [0.25, 0.3) is 0 Å². The Hall–Kier alpha value is -1.01. The van der Waals surface area contributed by atoms with Crippen molar-refractivity contribution in [2.45, 2.75) is 31.2 Å². The molecule has 1 aliphatic heterocycles. The van der Waals surface area contributed by atoms with E-state index in [0.29, 0.717) is 17.8 Å². The van der Waals surface area contributed by atoms with Crippen LogP contribution < -0.4 is 16.6 Å². The number of hydrogen-bond acceptors (Lipinski definition) is 6. The van der Waals surface area contributed by atoms with Crippen LogP contribution in [0.1, 0.15) is 31.0 Å². The Morgan fingerprint density at radius 3 is 2.71 bits per heavy atom. The fraction of sp³-hybridized carbons (Fsp3) is 0.636. The van der Waals surface area contributed by atoms with E-state index in [1.54, 1.807) is 0 Å². The number of nitrogens with one attached hydrogen (secondary N) is 2. The van der Waals surface area contributed by atoms with Crippen LogP contribution in [-0.4, -0.2) is 27.5 Å². The molecule has 0 amide bonds. The maximum atomic E-state index is 5.44. The molecule has 0 aromatic carbocycles. The van der Waals surface area contributed by atoms with E-state index in [1.165, 1.54) is 25.0 Å². The zero-order valence-corrected chi connectivity index (χ0v) is 10.5. The maximum Gasteiger partial charge on any atom is 0.145 e. The Morgan fingerprint density at radius 1 is 1.24 bits per heavy atom. The van der Waals surface area contributed by atoms with Gasteiger partial charge < -0.3 is 10.7 Å². The zero-order valence-electron chi connectivity index (χ0n) is 9.65. The SMILES string of the molecule is NNc1cc(NC2CCSC2)nc(C2CC2)n1. The van der Waals surface area contributed by atoms with Gasteiger partial charge in [0.05, 0.1) is 0 Å². The molecule has 0 bridgehead atoms. The van der Waals surface area contributed by atoms with Gasteiger partial charge in [-0.2, -0.15) is 11.8 Å². The molecule has 2 fully saturated rings. The van der Waals surface area contributed by atoms with E-state index in [-0.39, 0.29) is 0 Å². The van der Waals surface area contributed by atoms with Crippen molar-refractivity contribution in [1.29, 1.82) is 0 Å². The average molecular weight is 251 g/mol. The minimum absolute atomic E-state index is 0.535. The van der Waals surface area contributed by atoms with Gasteiger partial charge in [-0.3, -0.25) is 0 Å². The third-order valence-corrected chi connectivity index (χ3v) is 4.28. The number of nitrogen functional groups attached to an aromatic ring is 1. The van der Waals surface area contributed by atoms with Crippen molar-refractivity contribution >= 4 is 23.4 Å². The fourth-order valence-electron chi connectivity index (χ4n) is 2.00. The van der Waals surface area contributed by atoms with Crippen molar-refractivity contribution in [3.63, 3.8) is 0 Å². The molecular weight excluding hydrogens is 234 g/mol. The molecule has 1 saturated carbocycles. The molecule has 4 N–H and O–H groups in total. The molecule has 1 unspecified atom stereocenters. The van der Waals surface area contributed by atoms with E-state index in [2.05, 4.69) is 20.7 Å². The van der Waals surface area contributed by atoms with E-state index >= 15 is 0 Å². The first-order valence-corrected chi connectivity index (χ1v) is 7.20. The number of hydrogen-bond donors (Lipinski definition) is 3. The third-order valence-electron chi connectivity index (χ3n) is 3.12. The van der Waals surface area contributed by atoms with Crippen molar-refractivity contribution in [2.24, 2.45) is 5.84 Å². The highest BCUT2D eigenvalue weighted by atomic mass is 32.2. The molecule has 0 radical (unpaired) electrons. The van der Waals surface area contributed by atoms with E-state index in [4.69, 9.17) is 5.84 Å². The van der Waals surface area contributed by atoms with Gasteiger partial charge in [-0.05, 0) is 25.0 Å². The monoisotopic (exact) mass is 251 g/mol. The Labute approximate surface area is 105 Å². The fourth-order valence-corrected chi connectivity index (χ4v) is 3.15. The molecule has 6 heteroatoms. The second-order valence-electron chi connectivity index (χ2n) is 4.62. The summed E-state index contributed by atoms with van der Waals surface area (Å²) in [6.45, 7) is 0. The predicted octanol–water partition coefficient (Wildman–Crippen LogP) is 1.56. The first kappa shape index (κ1) is 11.1. The largest absolute Gasteiger partial charge is 0.366 e. The summed E-state index contributed by atoms with van der Waals surface area (Å²) >= 11 is 1.99. The number of thioether (sulfide) groups is 1. The molecule has 1 aromatic rings. The van der Waals surface area contributed by atoms with Gasteiger partial charge in [0.1, 0.15) is 17.5 Å². The van der Waals surface area contributed by atoms with Gasteiger partial charge >= 0.3 is 0 Å². The summed E-state index contributed by atoms with van der Waals surface area (Å²) in [7, 11) is 0. The molecule has 92 valence electrons. The van der Waals surface area contributed by atoms with Gasteiger partial charge in [-0.25, -0.2) is 15.8 Å². The molecule has 1 aliphatic carbocycles. The van der Waals surface area contributed by atoms with Gasteiger partial charge in [0.15, 0.2) is 0 Å². The van der Waals surface area contributed by atoms with E-state index in [0.717, 1.165) is 17.4 Å². The van der Waals surface area contributed by atoms with E-state index in [9.17, 15) is 0 Å². The second kappa shape index (κ2) is 4.70. The molecule has 2 heterocycles. The van der Waals surface area contributed by atoms with Gasteiger partial charge in [0, 0.05) is 23.8 Å². The van der Waals surface area contributed by atoms with E-state index in [1.807, 2.05) is 17.8 Å². The second-order valence-corrected chi connectivity index (χ2v) is 5.77. The molecule has 3 rings (SSSR count).